The number of carbonyl (C=O) groups excluding carboxylic acids is 1. The lowest BCUT2D eigenvalue weighted by Gasteiger charge is -2.26. The highest BCUT2D eigenvalue weighted by Crippen LogP contribution is 2.22. The van der Waals surface area contributed by atoms with Gasteiger partial charge in [-0.15, -0.1) is 12.4 Å². The summed E-state index contributed by atoms with van der Waals surface area (Å²) in [4.78, 5) is 12.2. The van der Waals surface area contributed by atoms with Gasteiger partial charge in [0.25, 0.3) is 5.91 Å². The Hall–Kier alpha value is -1.06. The second-order valence-corrected chi connectivity index (χ2v) is 5.82. The zero-order valence-corrected chi connectivity index (χ0v) is 13.1. The Balaban J connectivity index is 0.00000200. The van der Waals surface area contributed by atoms with Crippen LogP contribution in [0.4, 0.5) is 0 Å². The molecule has 1 aromatic carbocycles. The molecule has 2 unspecified atom stereocenters. The lowest BCUT2D eigenvalue weighted by Crippen LogP contribution is -2.35. The van der Waals surface area contributed by atoms with Crippen LogP contribution in [0.25, 0.3) is 0 Å². The highest BCUT2D eigenvalue weighted by molar-refractivity contribution is 5.95. The number of halogens is 1. The molecule has 20 heavy (non-hydrogen) atoms. The third-order valence-electron chi connectivity index (χ3n) is 4.00. The van der Waals surface area contributed by atoms with Gasteiger partial charge in [0, 0.05) is 18.2 Å². The van der Waals surface area contributed by atoms with Crippen LogP contribution in [0.15, 0.2) is 18.2 Å². The Bertz CT molecular complexity index is 462. The number of benzene rings is 1. The number of amides is 1. The predicted octanol–water partition coefficient (Wildman–Crippen LogP) is 2.97. The minimum atomic E-state index is 0. The average molecular weight is 297 g/mol. The third kappa shape index (κ3) is 4.50. The van der Waals surface area contributed by atoms with E-state index in [0.29, 0.717) is 12.0 Å². The zero-order valence-electron chi connectivity index (χ0n) is 12.3. The SMILES string of the molecule is Cc1ccc(C(=O)NCC2CCCC(N)C2)c(C)c1.Cl. The summed E-state index contributed by atoms with van der Waals surface area (Å²) in [6, 6.07) is 6.26. The molecule has 1 fully saturated rings. The van der Waals surface area contributed by atoms with Crippen LogP contribution in [0.5, 0.6) is 0 Å². The summed E-state index contributed by atoms with van der Waals surface area (Å²) in [7, 11) is 0. The van der Waals surface area contributed by atoms with Gasteiger partial charge in [-0.1, -0.05) is 24.1 Å². The van der Waals surface area contributed by atoms with Gasteiger partial charge in [-0.25, -0.2) is 0 Å². The molecule has 112 valence electrons. The summed E-state index contributed by atoms with van der Waals surface area (Å²) in [5, 5.41) is 3.06. The molecule has 3 N–H and O–H groups in total. The van der Waals surface area contributed by atoms with Crippen molar-refractivity contribution in [3.8, 4) is 0 Å². The second kappa shape index (κ2) is 7.65. The Morgan fingerprint density at radius 1 is 1.35 bits per heavy atom. The van der Waals surface area contributed by atoms with E-state index in [1.807, 2.05) is 32.0 Å². The molecule has 0 spiro atoms. The van der Waals surface area contributed by atoms with E-state index in [9.17, 15) is 4.79 Å². The van der Waals surface area contributed by atoms with Crippen LogP contribution in [-0.2, 0) is 0 Å². The lowest BCUT2D eigenvalue weighted by molar-refractivity contribution is 0.0942. The molecule has 0 heterocycles. The van der Waals surface area contributed by atoms with E-state index in [0.717, 1.165) is 30.5 Å². The summed E-state index contributed by atoms with van der Waals surface area (Å²) in [6.07, 6.45) is 4.53. The average Bonchev–Trinajstić information content (AvgIpc) is 2.36. The minimum absolute atomic E-state index is 0. The van der Waals surface area contributed by atoms with E-state index in [1.165, 1.54) is 18.4 Å². The molecule has 1 aliphatic rings. The third-order valence-corrected chi connectivity index (χ3v) is 4.00. The van der Waals surface area contributed by atoms with E-state index in [2.05, 4.69) is 5.32 Å². The highest BCUT2D eigenvalue weighted by atomic mass is 35.5. The maximum Gasteiger partial charge on any atom is 0.251 e. The molecule has 2 rings (SSSR count). The van der Waals surface area contributed by atoms with E-state index in [1.54, 1.807) is 0 Å². The van der Waals surface area contributed by atoms with Crippen molar-refractivity contribution in [3.63, 3.8) is 0 Å². The monoisotopic (exact) mass is 296 g/mol. The molecule has 0 saturated heterocycles. The molecule has 0 bridgehead atoms. The Morgan fingerprint density at radius 2 is 2.10 bits per heavy atom. The van der Waals surface area contributed by atoms with Crippen molar-refractivity contribution in [2.45, 2.75) is 45.6 Å². The summed E-state index contributed by atoms with van der Waals surface area (Å²) in [5.41, 5.74) is 8.98. The highest BCUT2D eigenvalue weighted by Gasteiger charge is 2.20. The van der Waals surface area contributed by atoms with Gasteiger partial charge in [0.15, 0.2) is 0 Å². The van der Waals surface area contributed by atoms with Gasteiger partial charge in [0.05, 0.1) is 0 Å². The first-order valence-electron chi connectivity index (χ1n) is 7.17. The van der Waals surface area contributed by atoms with Crippen LogP contribution in [0.2, 0.25) is 0 Å². The zero-order chi connectivity index (χ0) is 13.8. The maximum atomic E-state index is 12.2. The van der Waals surface area contributed by atoms with Crippen molar-refractivity contribution in [1.29, 1.82) is 0 Å². The maximum absolute atomic E-state index is 12.2. The minimum Gasteiger partial charge on any atom is -0.352 e. The molecule has 0 radical (unpaired) electrons. The largest absolute Gasteiger partial charge is 0.352 e. The Morgan fingerprint density at radius 3 is 2.75 bits per heavy atom. The van der Waals surface area contributed by atoms with Gasteiger partial charge in [-0.3, -0.25) is 4.79 Å². The number of nitrogens with one attached hydrogen (secondary N) is 1. The van der Waals surface area contributed by atoms with Gasteiger partial charge >= 0.3 is 0 Å². The quantitative estimate of drug-likeness (QED) is 0.901. The normalized spacial score (nSPS) is 21.9. The van der Waals surface area contributed by atoms with Gasteiger partial charge in [-0.2, -0.15) is 0 Å². The van der Waals surface area contributed by atoms with Crippen LogP contribution < -0.4 is 11.1 Å². The first-order chi connectivity index (χ1) is 9.06. The fourth-order valence-corrected chi connectivity index (χ4v) is 2.92. The topological polar surface area (TPSA) is 55.1 Å². The van der Waals surface area contributed by atoms with Crippen molar-refractivity contribution in [3.05, 3.63) is 34.9 Å². The summed E-state index contributed by atoms with van der Waals surface area (Å²) in [6.45, 7) is 4.77. The molecular weight excluding hydrogens is 272 g/mol. The lowest BCUT2D eigenvalue weighted by atomic mass is 9.86. The first-order valence-corrected chi connectivity index (χ1v) is 7.17. The number of hydrogen-bond acceptors (Lipinski definition) is 2. The summed E-state index contributed by atoms with van der Waals surface area (Å²) >= 11 is 0. The van der Waals surface area contributed by atoms with Crippen molar-refractivity contribution in [2.75, 3.05) is 6.54 Å². The molecule has 2 atom stereocenters. The molecule has 0 aromatic heterocycles. The van der Waals surface area contributed by atoms with Crippen LogP contribution in [0.3, 0.4) is 0 Å². The number of carbonyl (C=O) groups is 1. The smallest absolute Gasteiger partial charge is 0.251 e. The van der Waals surface area contributed by atoms with Crippen molar-refractivity contribution >= 4 is 18.3 Å². The fourth-order valence-electron chi connectivity index (χ4n) is 2.92. The molecule has 1 saturated carbocycles. The fraction of sp³-hybridized carbons (Fsp3) is 0.562. The van der Waals surface area contributed by atoms with Crippen LogP contribution in [0, 0.1) is 19.8 Å². The molecule has 1 aliphatic carbocycles. The first kappa shape index (κ1) is 17.0. The van der Waals surface area contributed by atoms with Gasteiger partial charge in [0.1, 0.15) is 0 Å². The number of rotatable bonds is 3. The van der Waals surface area contributed by atoms with Crippen LogP contribution >= 0.6 is 12.4 Å². The molecule has 1 amide bonds. The molecule has 3 nitrogen and oxygen atoms in total. The Kier molecular flexibility index (Phi) is 6.50. The molecule has 0 aliphatic heterocycles. The van der Waals surface area contributed by atoms with E-state index in [-0.39, 0.29) is 18.3 Å². The van der Waals surface area contributed by atoms with E-state index >= 15 is 0 Å². The summed E-state index contributed by atoms with van der Waals surface area (Å²) in [5.74, 6) is 0.579. The van der Waals surface area contributed by atoms with Crippen molar-refractivity contribution in [2.24, 2.45) is 11.7 Å². The number of aryl methyl sites for hydroxylation is 2. The predicted molar refractivity (Wildman–Crippen MR) is 85.4 cm³/mol. The number of hydrogen-bond donors (Lipinski definition) is 2. The van der Waals surface area contributed by atoms with Gasteiger partial charge in [0.2, 0.25) is 0 Å². The number of nitrogens with two attached hydrogens (primary N) is 1. The standard InChI is InChI=1S/C16H24N2O.ClH/c1-11-6-7-15(12(2)8-11)16(19)18-10-13-4-3-5-14(17)9-13;/h6-8,13-14H,3-5,9-10,17H2,1-2H3,(H,18,19);1H. The summed E-state index contributed by atoms with van der Waals surface area (Å²) < 4.78 is 0. The molecule has 1 aromatic rings. The van der Waals surface area contributed by atoms with Crippen LogP contribution in [-0.4, -0.2) is 18.5 Å². The van der Waals surface area contributed by atoms with Crippen molar-refractivity contribution in [1.82, 2.24) is 5.32 Å². The van der Waals surface area contributed by atoms with Gasteiger partial charge < -0.3 is 11.1 Å². The second-order valence-electron chi connectivity index (χ2n) is 5.82. The Labute approximate surface area is 127 Å². The molecule has 4 heteroatoms. The van der Waals surface area contributed by atoms with E-state index < -0.39 is 0 Å². The van der Waals surface area contributed by atoms with Gasteiger partial charge in [-0.05, 0) is 50.7 Å². The van der Waals surface area contributed by atoms with E-state index in [4.69, 9.17) is 5.73 Å². The molecular formula is C16H25ClN2O. The van der Waals surface area contributed by atoms with Crippen LogP contribution in [0.1, 0.15) is 47.2 Å². The van der Waals surface area contributed by atoms with Crippen molar-refractivity contribution < 1.29 is 4.79 Å².